The molecule has 0 fully saturated rings. The Morgan fingerprint density at radius 2 is 0.744 bits per heavy atom. The van der Waals surface area contributed by atoms with Crippen molar-refractivity contribution in [2.24, 2.45) is 0 Å². The van der Waals surface area contributed by atoms with Crippen LogP contribution < -0.4 is 0 Å². The molecule has 2 N–H and O–H groups in total. The first-order valence-electron chi connectivity index (χ1n) is 17.9. The van der Waals surface area contributed by atoms with Crippen LogP contribution in [0.3, 0.4) is 0 Å². The van der Waals surface area contributed by atoms with Crippen LogP contribution in [0.4, 0.5) is 0 Å². The molecule has 0 saturated carbocycles. The zero-order valence-electron chi connectivity index (χ0n) is 29.6. The molecule has 43 heavy (non-hydrogen) atoms. The fourth-order valence-corrected chi connectivity index (χ4v) is 5.43. The summed E-state index contributed by atoms with van der Waals surface area (Å²) in [7, 11) is 2.88. The summed E-state index contributed by atoms with van der Waals surface area (Å²) in [6.45, 7) is 8.18. The lowest BCUT2D eigenvalue weighted by Crippen LogP contribution is -2.35. The van der Waals surface area contributed by atoms with Crippen LogP contribution in [0, 0.1) is 0 Å². The van der Waals surface area contributed by atoms with E-state index in [9.17, 15) is 8.42 Å². The number of unbranched alkanes of at least 4 members (excludes halogenated alkanes) is 22. The van der Waals surface area contributed by atoms with Gasteiger partial charge in [-0.2, -0.15) is 8.42 Å². The molecule has 0 aromatic heterocycles. The van der Waals surface area contributed by atoms with Gasteiger partial charge in [0.15, 0.2) is 0 Å². The Labute approximate surface area is 270 Å². The van der Waals surface area contributed by atoms with Gasteiger partial charge >= 0.3 is 0 Å². The molecule has 0 atom stereocenters. The van der Waals surface area contributed by atoms with Gasteiger partial charge in [-0.25, -0.2) is 0 Å². The maximum Gasteiger partial charge on any atom is 0.294 e. The molecule has 0 saturated heterocycles. The van der Waals surface area contributed by atoms with Crippen LogP contribution in [0.25, 0.3) is 0 Å². The molecule has 6 heteroatoms. The van der Waals surface area contributed by atoms with E-state index in [0.717, 1.165) is 4.48 Å². The van der Waals surface area contributed by atoms with Crippen molar-refractivity contribution in [3.63, 3.8) is 0 Å². The molecule has 0 spiro atoms. The summed E-state index contributed by atoms with van der Waals surface area (Å²) >= 11 is 0. The van der Waals surface area contributed by atoms with Crippen molar-refractivity contribution in [3.8, 4) is 0 Å². The first kappa shape index (κ1) is 46.5. The normalized spacial score (nSPS) is 11.1. The van der Waals surface area contributed by atoms with Crippen molar-refractivity contribution in [1.29, 1.82) is 0 Å². The largest absolute Gasteiger partial charge is 0.870 e. The predicted molar refractivity (Wildman–Crippen MR) is 189 cm³/mol. The van der Waals surface area contributed by atoms with E-state index in [1.165, 1.54) is 173 Å². The van der Waals surface area contributed by atoms with E-state index in [2.05, 4.69) is 41.9 Å². The Balaban J connectivity index is -0.000000594. The van der Waals surface area contributed by atoms with Crippen LogP contribution in [-0.4, -0.2) is 50.6 Å². The summed E-state index contributed by atoms with van der Waals surface area (Å²) in [5.74, 6) is 0. The van der Waals surface area contributed by atoms with E-state index < -0.39 is 10.1 Å². The SMILES string of the molecule is CCCCCCCCCCCC.CCCCCCCCCCCCCCCC[N+](C)(C)C.O=S(=O)(O)c1ccccc1.[OH-]. The second kappa shape index (κ2) is 33.9. The molecule has 1 rings (SSSR count). The van der Waals surface area contributed by atoms with Crippen molar-refractivity contribution < 1.29 is 22.9 Å². The first-order valence-corrected chi connectivity index (χ1v) is 19.3. The Kier molecular flexibility index (Phi) is 36.7. The van der Waals surface area contributed by atoms with E-state index in [1.807, 2.05) is 0 Å². The summed E-state index contributed by atoms with van der Waals surface area (Å²) in [6.07, 6.45) is 34.8. The highest BCUT2D eigenvalue weighted by atomic mass is 32.2. The summed E-state index contributed by atoms with van der Waals surface area (Å²) in [6, 6.07) is 7.42. The van der Waals surface area contributed by atoms with Gasteiger partial charge in [0.25, 0.3) is 10.1 Å². The third kappa shape index (κ3) is 41.1. The molecule has 0 aliphatic heterocycles. The third-order valence-electron chi connectivity index (χ3n) is 7.68. The fourth-order valence-electron chi connectivity index (χ4n) is 4.93. The molecule has 0 aliphatic rings. The molecule has 0 aliphatic carbocycles. The second-order valence-electron chi connectivity index (χ2n) is 13.2. The maximum absolute atomic E-state index is 10.4. The van der Waals surface area contributed by atoms with Gasteiger partial charge in [-0.3, -0.25) is 4.55 Å². The Hall–Kier alpha value is -0.950. The highest BCUT2D eigenvalue weighted by Crippen LogP contribution is 2.13. The van der Waals surface area contributed by atoms with Crippen LogP contribution in [-0.2, 0) is 10.1 Å². The van der Waals surface area contributed by atoms with E-state index in [-0.39, 0.29) is 10.4 Å². The molecular weight excluding hydrogens is 554 g/mol. The van der Waals surface area contributed by atoms with E-state index in [4.69, 9.17) is 4.55 Å². The molecule has 0 bridgehead atoms. The van der Waals surface area contributed by atoms with Crippen LogP contribution >= 0.6 is 0 Å². The van der Waals surface area contributed by atoms with Crippen molar-refractivity contribution in [2.45, 2.75) is 180 Å². The number of quaternary nitrogens is 1. The third-order valence-corrected chi connectivity index (χ3v) is 8.55. The first-order chi connectivity index (χ1) is 20.1. The van der Waals surface area contributed by atoms with Gasteiger partial charge in [-0.1, -0.05) is 180 Å². The van der Waals surface area contributed by atoms with E-state index in [1.54, 1.807) is 18.2 Å². The summed E-state index contributed by atoms with van der Waals surface area (Å²) in [4.78, 5) is -0.0741. The minimum Gasteiger partial charge on any atom is -0.870 e. The molecule has 0 amide bonds. The lowest BCUT2D eigenvalue weighted by Gasteiger charge is -2.23. The lowest BCUT2D eigenvalue weighted by atomic mass is 10.0. The highest BCUT2D eigenvalue weighted by Gasteiger charge is 2.06. The van der Waals surface area contributed by atoms with Gasteiger partial charge in [-0.15, -0.1) is 0 Å². The van der Waals surface area contributed by atoms with Gasteiger partial charge in [0.2, 0.25) is 0 Å². The topological polar surface area (TPSA) is 84.4 Å². The van der Waals surface area contributed by atoms with Crippen LogP contribution in [0.15, 0.2) is 35.2 Å². The minimum absolute atomic E-state index is 0. The van der Waals surface area contributed by atoms with Gasteiger partial charge in [0, 0.05) is 0 Å². The number of hydrogen-bond acceptors (Lipinski definition) is 3. The maximum atomic E-state index is 10.4. The Morgan fingerprint density at radius 3 is 0.953 bits per heavy atom. The summed E-state index contributed by atoms with van der Waals surface area (Å²) in [5.41, 5.74) is 0. The van der Waals surface area contributed by atoms with E-state index >= 15 is 0 Å². The molecule has 1 aromatic rings. The number of rotatable bonds is 25. The molecule has 0 heterocycles. The average molecular weight is 630 g/mol. The van der Waals surface area contributed by atoms with Gasteiger partial charge in [0.05, 0.1) is 32.6 Å². The lowest BCUT2D eigenvalue weighted by molar-refractivity contribution is -0.870. The molecule has 5 nitrogen and oxygen atoms in total. The Bertz CT molecular complexity index is 738. The standard InChI is InChI=1S/C19H42N.C12H26.C6H6O3S.H2O/c1-5-6-7-8-9-10-11-12-13-14-15-16-17-18-19-20(2,3)4;1-3-5-7-9-11-12-10-8-6-4-2;7-10(8,9)6-4-2-1-3-5-6;/h5-19H2,1-4H3;3-12H2,1-2H3;1-5H,(H,7,8,9);1H2/q+1;;;/p-1. The summed E-state index contributed by atoms with van der Waals surface area (Å²) < 4.78 is 30.4. The molecule has 0 radical (unpaired) electrons. The molecule has 0 unspecified atom stereocenters. The number of nitrogens with zero attached hydrogens (tertiary/aromatic N) is 1. The fraction of sp³-hybridized carbons (Fsp3) is 0.838. The van der Waals surface area contributed by atoms with Crippen LogP contribution in [0.5, 0.6) is 0 Å². The highest BCUT2D eigenvalue weighted by molar-refractivity contribution is 7.85. The van der Waals surface area contributed by atoms with Crippen molar-refractivity contribution >= 4 is 10.1 Å². The van der Waals surface area contributed by atoms with Gasteiger partial charge in [-0.05, 0) is 25.0 Å². The number of benzene rings is 1. The molecule has 1 aromatic carbocycles. The molecular formula is C37H75NO4S. The molecule has 258 valence electrons. The van der Waals surface area contributed by atoms with Crippen molar-refractivity contribution in [3.05, 3.63) is 30.3 Å². The smallest absolute Gasteiger partial charge is 0.294 e. The van der Waals surface area contributed by atoms with Gasteiger partial charge < -0.3 is 9.96 Å². The Morgan fingerprint density at radius 1 is 0.488 bits per heavy atom. The van der Waals surface area contributed by atoms with E-state index in [0.29, 0.717) is 0 Å². The van der Waals surface area contributed by atoms with Crippen molar-refractivity contribution in [2.75, 3.05) is 27.7 Å². The predicted octanol–water partition coefficient (Wildman–Crippen LogP) is 11.9. The zero-order chi connectivity index (χ0) is 31.8. The van der Waals surface area contributed by atoms with Crippen LogP contribution in [0.1, 0.15) is 175 Å². The minimum atomic E-state index is -4.00. The summed E-state index contributed by atoms with van der Waals surface area (Å²) in [5, 5.41) is 0. The zero-order valence-corrected chi connectivity index (χ0v) is 30.4. The van der Waals surface area contributed by atoms with Crippen LogP contribution in [0.2, 0.25) is 0 Å². The van der Waals surface area contributed by atoms with Crippen molar-refractivity contribution in [1.82, 2.24) is 0 Å². The quantitative estimate of drug-likeness (QED) is 0.0662. The number of hydrogen-bond donors (Lipinski definition) is 1. The second-order valence-corrected chi connectivity index (χ2v) is 14.6. The monoisotopic (exact) mass is 630 g/mol. The average Bonchev–Trinajstić information content (AvgIpc) is 2.95. The van der Waals surface area contributed by atoms with Gasteiger partial charge in [0.1, 0.15) is 0 Å².